The Hall–Kier alpha value is -2.55. The van der Waals surface area contributed by atoms with E-state index < -0.39 is 0 Å². The minimum atomic E-state index is 0.701. The van der Waals surface area contributed by atoms with E-state index in [4.69, 9.17) is 10.8 Å². The molecule has 0 bridgehead atoms. The van der Waals surface area contributed by atoms with Crippen LogP contribution in [0.3, 0.4) is 0 Å². The van der Waals surface area contributed by atoms with Gasteiger partial charge in [0.25, 0.3) is 0 Å². The third-order valence-electron chi connectivity index (χ3n) is 4.26. The second-order valence-corrected chi connectivity index (χ2v) is 5.76. The maximum absolute atomic E-state index is 6.36. The molecule has 0 aliphatic rings. The topological polar surface area (TPSA) is 43.8 Å². The smallest absolute Gasteiger partial charge is 0.125 e. The minimum absolute atomic E-state index is 0.701. The first-order valence-electron chi connectivity index (χ1n) is 8.21. The fourth-order valence-corrected chi connectivity index (χ4v) is 2.87. The van der Waals surface area contributed by atoms with Gasteiger partial charge >= 0.3 is 0 Å². The van der Waals surface area contributed by atoms with Gasteiger partial charge in [0.2, 0.25) is 0 Å². The molecule has 0 saturated carbocycles. The number of aryl methyl sites for hydroxylation is 1. The first-order chi connectivity index (χ1) is 11.2. The summed E-state index contributed by atoms with van der Waals surface area (Å²) >= 11 is 0. The first-order valence-corrected chi connectivity index (χ1v) is 8.21. The lowest BCUT2D eigenvalue weighted by Gasteiger charge is -2.04. The van der Waals surface area contributed by atoms with Crippen LogP contribution < -0.4 is 5.73 Å². The number of hydrogen-bond donors (Lipinski definition) is 1. The summed E-state index contributed by atoms with van der Waals surface area (Å²) in [5, 5.41) is 4.79. The summed E-state index contributed by atoms with van der Waals surface area (Å²) in [7, 11) is 0. The summed E-state index contributed by atoms with van der Waals surface area (Å²) in [5.41, 5.74) is 12.2. The molecule has 1 aromatic heterocycles. The van der Waals surface area contributed by atoms with Crippen molar-refractivity contribution in [2.75, 3.05) is 5.73 Å². The molecule has 0 aliphatic heterocycles. The van der Waals surface area contributed by atoms with Gasteiger partial charge in [0.15, 0.2) is 0 Å². The third kappa shape index (κ3) is 3.14. The highest BCUT2D eigenvalue weighted by molar-refractivity contribution is 5.68. The molecule has 0 saturated heterocycles. The molecule has 0 amide bonds. The van der Waals surface area contributed by atoms with Crippen molar-refractivity contribution < 1.29 is 0 Å². The van der Waals surface area contributed by atoms with Crippen molar-refractivity contribution in [2.45, 2.75) is 33.2 Å². The summed E-state index contributed by atoms with van der Waals surface area (Å²) in [6, 6.07) is 18.9. The maximum atomic E-state index is 6.36. The van der Waals surface area contributed by atoms with Gasteiger partial charge in [-0.2, -0.15) is 5.10 Å². The van der Waals surface area contributed by atoms with Gasteiger partial charge in [0.05, 0.1) is 12.2 Å². The Morgan fingerprint density at radius 3 is 2.17 bits per heavy atom. The molecule has 0 spiro atoms. The van der Waals surface area contributed by atoms with Crippen LogP contribution in [0.4, 0.5) is 5.82 Å². The van der Waals surface area contributed by atoms with Crippen LogP contribution in [0.15, 0.2) is 54.6 Å². The van der Waals surface area contributed by atoms with Crippen LogP contribution >= 0.6 is 0 Å². The molecule has 0 aliphatic carbocycles. The van der Waals surface area contributed by atoms with Gasteiger partial charge in [-0.15, -0.1) is 0 Å². The number of nitrogens with zero attached hydrogens (tertiary/aromatic N) is 2. The molecule has 23 heavy (non-hydrogen) atoms. The highest BCUT2D eigenvalue weighted by atomic mass is 15.3. The summed E-state index contributed by atoms with van der Waals surface area (Å²) in [6.07, 6.45) is 1.93. The zero-order valence-corrected chi connectivity index (χ0v) is 13.8. The van der Waals surface area contributed by atoms with Gasteiger partial charge in [-0.25, -0.2) is 4.68 Å². The SMILES string of the molecule is CCc1ccc(-c2nn(Cc3ccccc3)c(N)c2CC)cc1. The first kappa shape index (κ1) is 15.3. The van der Waals surface area contributed by atoms with Crippen LogP contribution in [0.1, 0.15) is 30.5 Å². The van der Waals surface area contributed by atoms with Crippen LogP contribution in [0, 0.1) is 0 Å². The van der Waals surface area contributed by atoms with Gasteiger partial charge in [0.1, 0.15) is 5.82 Å². The highest BCUT2D eigenvalue weighted by Gasteiger charge is 2.15. The van der Waals surface area contributed by atoms with E-state index in [0.717, 1.165) is 35.5 Å². The van der Waals surface area contributed by atoms with E-state index in [9.17, 15) is 0 Å². The molecular weight excluding hydrogens is 282 g/mol. The highest BCUT2D eigenvalue weighted by Crippen LogP contribution is 2.28. The van der Waals surface area contributed by atoms with E-state index in [1.54, 1.807) is 0 Å². The average Bonchev–Trinajstić information content (AvgIpc) is 2.92. The van der Waals surface area contributed by atoms with Gasteiger partial charge < -0.3 is 5.73 Å². The maximum Gasteiger partial charge on any atom is 0.125 e. The predicted molar refractivity (Wildman–Crippen MR) is 96.4 cm³/mol. The van der Waals surface area contributed by atoms with Crippen molar-refractivity contribution in [1.82, 2.24) is 9.78 Å². The molecule has 3 rings (SSSR count). The van der Waals surface area contributed by atoms with Crippen LogP contribution in [0.5, 0.6) is 0 Å². The molecule has 0 fully saturated rings. The van der Waals surface area contributed by atoms with Gasteiger partial charge in [-0.05, 0) is 24.0 Å². The Bertz CT molecular complexity index is 771. The predicted octanol–water partition coefficient (Wildman–Crippen LogP) is 4.31. The second kappa shape index (κ2) is 6.69. The van der Waals surface area contributed by atoms with Crippen molar-refractivity contribution in [3.05, 3.63) is 71.3 Å². The monoisotopic (exact) mass is 305 g/mol. The number of rotatable bonds is 5. The zero-order chi connectivity index (χ0) is 16.2. The number of aromatic nitrogens is 2. The Morgan fingerprint density at radius 1 is 0.870 bits per heavy atom. The standard InChI is InChI=1S/C20H23N3/c1-3-15-10-12-17(13-11-15)19-18(4-2)20(21)23(22-19)14-16-8-6-5-7-9-16/h5-13H,3-4,14,21H2,1-2H3. The van der Waals surface area contributed by atoms with E-state index >= 15 is 0 Å². The van der Waals surface area contributed by atoms with Gasteiger partial charge in [0, 0.05) is 11.1 Å². The van der Waals surface area contributed by atoms with Gasteiger partial charge in [-0.1, -0.05) is 68.4 Å². The fraction of sp³-hybridized carbons (Fsp3) is 0.250. The minimum Gasteiger partial charge on any atom is -0.384 e. The van der Waals surface area contributed by atoms with Crippen molar-refractivity contribution in [2.24, 2.45) is 0 Å². The van der Waals surface area contributed by atoms with Crippen LogP contribution in [0.25, 0.3) is 11.3 Å². The van der Waals surface area contributed by atoms with Crippen LogP contribution in [-0.2, 0) is 19.4 Å². The molecule has 2 N–H and O–H groups in total. The molecule has 3 aromatic rings. The number of anilines is 1. The summed E-state index contributed by atoms with van der Waals surface area (Å²) in [6.45, 7) is 5.00. The van der Waals surface area contributed by atoms with E-state index in [0.29, 0.717) is 6.54 Å². The van der Waals surface area contributed by atoms with Crippen LogP contribution in [-0.4, -0.2) is 9.78 Å². The van der Waals surface area contributed by atoms with Crippen molar-refractivity contribution >= 4 is 5.82 Å². The van der Waals surface area contributed by atoms with Crippen molar-refractivity contribution in [1.29, 1.82) is 0 Å². The van der Waals surface area contributed by atoms with Crippen molar-refractivity contribution in [3.63, 3.8) is 0 Å². The Balaban J connectivity index is 1.98. The molecule has 2 aromatic carbocycles. The largest absolute Gasteiger partial charge is 0.384 e. The third-order valence-corrected chi connectivity index (χ3v) is 4.26. The number of nitrogens with two attached hydrogens (primary N) is 1. The quantitative estimate of drug-likeness (QED) is 0.763. The molecule has 3 heteroatoms. The number of nitrogen functional groups attached to an aromatic ring is 1. The Kier molecular flexibility index (Phi) is 4.47. The lowest BCUT2D eigenvalue weighted by Crippen LogP contribution is -2.06. The lowest BCUT2D eigenvalue weighted by molar-refractivity contribution is 0.699. The average molecular weight is 305 g/mol. The van der Waals surface area contributed by atoms with E-state index in [-0.39, 0.29) is 0 Å². The molecule has 0 radical (unpaired) electrons. The second-order valence-electron chi connectivity index (χ2n) is 5.76. The number of benzene rings is 2. The summed E-state index contributed by atoms with van der Waals surface area (Å²) < 4.78 is 1.91. The summed E-state index contributed by atoms with van der Waals surface area (Å²) in [4.78, 5) is 0. The molecule has 118 valence electrons. The summed E-state index contributed by atoms with van der Waals surface area (Å²) in [5.74, 6) is 0.769. The van der Waals surface area contributed by atoms with E-state index in [1.165, 1.54) is 11.1 Å². The molecule has 1 heterocycles. The van der Waals surface area contributed by atoms with Crippen molar-refractivity contribution in [3.8, 4) is 11.3 Å². The molecule has 0 unspecified atom stereocenters. The lowest BCUT2D eigenvalue weighted by atomic mass is 10.0. The fourth-order valence-electron chi connectivity index (χ4n) is 2.87. The normalized spacial score (nSPS) is 10.9. The van der Waals surface area contributed by atoms with Gasteiger partial charge in [-0.3, -0.25) is 0 Å². The molecule has 3 nitrogen and oxygen atoms in total. The van der Waals surface area contributed by atoms with Crippen LogP contribution in [0.2, 0.25) is 0 Å². The number of hydrogen-bond acceptors (Lipinski definition) is 2. The molecule has 0 atom stereocenters. The Labute approximate surface area is 137 Å². The van der Waals surface area contributed by atoms with E-state index in [1.807, 2.05) is 22.9 Å². The zero-order valence-electron chi connectivity index (χ0n) is 13.8. The van der Waals surface area contributed by atoms with E-state index in [2.05, 4.69) is 50.2 Å². The molecular formula is C20H23N3. The Morgan fingerprint density at radius 2 is 1.57 bits per heavy atom.